The number of thiophene rings is 1. The highest BCUT2D eigenvalue weighted by molar-refractivity contribution is 7.89. The van der Waals surface area contributed by atoms with Crippen LogP contribution in [0.4, 0.5) is 0 Å². The van der Waals surface area contributed by atoms with E-state index in [1.165, 1.54) is 11.4 Å². The molecule has 0 amide bonds. The van der Waals surface area contributed by atoms with Crippen LogP contribution in [0.25, 0.3) is 10.1 Å². The molecule has 1 aromatic carbocycles. The number of ether oxygens (including phenoxy) is 1. The van der Waals surface area contributed by atoms with E-state index in [0.29, 0.717) is 18.5 Å². The van der Waals surface area contributed by atoms with Gasteiger partial charge in [0.2, 0.25) is 10.0 Å². The minimum Gasteiger partial charge on any atom is -0.465 e. The molecule has 0 saturated carbocycles. The number of esters is 1. The first-order valence-electron chi connectivity index (χ1n) is 7.73. The van der Waals surface area contributed by atoms with Gasteiger partial charge in [-0.3, -0.25) is 0 Å². The van der Waals surface area contributed by atoms with Crippen molar-refractivity contribution in [2.24, 2.45) is 0 Å². The van der Waals surface area contributed by atoms with E-state index in [2.05, 4.69) is 5.32 Å². The zero-order valence-electron chi connectivity index (χ0n) is 14.2. The molecule has 25 heavy (non-hydrogen) atoms. The van der Waals surface area contributed by atoms with E-state index in [1.807, 2.05) is 26.0 Å². The Morgan fingerprint density at radius 2 is 2.00 bits per heavy atom. The summed E-state index contributed by atoms with van der Waals surface area (Å²) in [6.07, 6.45) is 0. The molecular weight excluding hydrogens is 384 g/mol. The maximum Gasteiger partial charge on any atom is 0.349 e. The number of benzene rings is 1. The van der Waals surface area contributed by atoms with Crippen molar-refractivity contribution in [2.75, 3.05) is 20.2 Å². The third kappa shape index (κ3) is 3.41. The van der Waals surface area contributed by atoms with Gasteiger partial charge < -0.3 is 10.1 Å². The number of hydrogen-bond acceptors (Lipinski definition) is 6. The van der Waals surface area contributed by atoms with Gasteiger partial charge in [0.25, 0.3) is 0 Å². The lowest BCUT2D eigenvalue weighted by molar-refractivity contribution is 0.0602. The number of piperazine rings is 1. The van der Waals surface area contributed by atoms with Crippen molar-refractivity contribution in [2.45, 2.75) is 30.8 Å². The van der Waals surface area contributed by atoms with Crippen LogP contribution in [0.3, 0.4) is 0 Å². The molecule has 2 aromatic rings. The van der Waals surface area contributed by atoms with E-state index in [9.17, 15) is 13.2 Å². The first kappa shape index (κ1) is 20.1. The molecule has 1 aliphatic heterocycles. The quantitative estimate of drug-likeness (QED) is 0.795. The Bertz CT molecular complexity index is 881. The number of sulfonamides is 1. The summed E-state index contributed by atoms with van der Waals surface area (Å²) in [5.41, 5.74) is 0. The molecule has 9 heteroatoms. The standard InChI is InChI=1S/C16H20N2O4S2.ClH/c1-10-11(2)18(9-8-17-10)24(20,21)15-12-6-4-5-7-13(12)23-14(15)16(19)22-3;/h4-7,10-11,17H,8-9H2,1-3H3;1H. The Kier molecular flexibility index (Phi) is 6.11. The minimum absolute atomic E-state index is 0. The van der Waals surface area contributed by atoms with Gasteiger partial charge in [0.15, 0.2) is 0 Å². The summed E-state index contributed by atoms with van der Waals surface area (Å²) in [6.45, 7) is 4.79. The lowest BCUT2D eigenvalue weighted by atomic mass is 10.1. The number of nitrogens with one attached hydrogen (secondary N) is 1. The number of carbonyl (C=O) groups is 1. The molecule has 2 unspecified atom stereocenters. The van der Waals surface area contributed by atoms with Crippen LogP contribution in [-0.2, 0) is 14.8 Å². The zero-order chi connectivity index (χ0) is 17.5. The number of halogens is 1. The highest BCUT2D eigenvalue weighted by Gasteiger charge is 2.38. The van der Waals surface area contributed by atoms with E-state index in [0.717, 1.165) is 16.0 Å². The summed E-state index contributed by atoms with van der Waals surface area (Å²) in [5, 5.41) is 3.84. The molecule has 0 radical (unpaired) electrons. The van der Waals surface area contributed by atoms with Crippen molar-refractivity contribution in [1.82, 2.24) is 9.62 Å². The summed E-state index contributed by atoms with van der Waals surface area (Å²) in [7, 11) is -2.55. The number of hydrogen-bond donors (Lipinski definition) is 1. The van der Waals surface area contributed by atoms with E-state index < -0.39 is 16.0 Å². The molecule has 0 bridgehead atoms. The van der Waals surface area contributed by atoms with Crippen molar-refractivity contribution < 1.29 is 17.9 Å². The van der Waals surface area contributed by atoms with E-state index in [1.54, 1.807) is 12.1 Å². The van der Waals surface area contributed by atoms with Gasteiger partial charge in [-0.1, -0.05) is 18.2 Å². The molecule has 1 saturated heterocycles. The molecule has 138 valence electrons. The Morgan fingerprint density at radius 3 is 2.68 bits per heavy atom. The number of nitrogens with zero attached hydrogens (tertiary/aromatic N) is 1. The third-order valence-corrected chi connectivity index (χ3v) is 7.82. The van der Waals surface area contributed by atoms with Crippen molar-refractivity contribution in [3.05, 3.63) is 29.1 Å². The average Bonchev–Trinajstić information content (AvgIpc) is 2.96. The topological polar surface area (TPSA) is 75.7 Å². The average molecular weight is 405 g/mol. The van der Waals surface area contributed by atoms with Crippen LogP contribution in [0.1, 0.15) is 23.5 Å². The second-order valence-electron chi connectivity index (χ2n) is 5.85. The molecule has 6 nitrogen and oxygen atoms in total. The number of rotatable bonds is 3. The van der Waals surface area contributed by atoms with Crippen LogP contribution in [-0.4, -0.2) is 51.0 Å². The van der Waals surface area contributed by atoms with Crippen molar-refractivity contribution in [3.63, 3.8) is 0 Å². The third-order valence-electron chi connectivity index (χ3n) is 4.46. The molecule has 1 fully saturated rings. The monoisotopic (exact) mass is 404 g/mol. The zero-order valence-corrected chi connectivity index (χ0v) is 16.6. The van der Waals surface area contributed by atoms with Crippen LogP contribution in [0.5, 0.6) is 0 Å². The molecule has 2 heterocycles. The Labute approximate surface area is 157 Å². The largest absolute Gasteiger partial charge is 0.465 e. The molecule has 1 N–H and O–H groups in total. The second kappa shape index (κ2) is 7.59. The van der Waals surface area contributed by atoms with E-state index >= 15 is 0 Å². The molecule has 0 aliphatic carbocycles. The molecular formula is C16H21ClN2O4S2. The predicted octanol–water partition coefficient (Wildman–Crippen LogP) is 2.48. The van der Waals surface area contributed by atoms with Crippen LogP contribution in [0, 0.1) is 0 Å². The first-order chi connectivity index (χ1) is 11.4. The van der Waals surface area contributed by atoms with Gasteiger partial charge in [0, 0.05) is 35.3 Å². The van der Waals surface area contributed by atoms with Gasteiger partial charge in [-0.15, -0.1) is 23.7 Å². The molecule has 0 spiro atoms. The number of methoxy groups -OCH3 is 1. The SMILES string of the molecule is COC(=O)c1sc2ccccc2c1S(=O)(=O)N1CCNC(C)C1C.Cl. The van der Waals surface area contributed by atoms with Gasteiger partial charge >= 0.3 is 5.97 Å². The van der Waals surface area contributed by atoms with Crippen LogP contribution in [0.15, 0.2) is 29.2 Å². The second-order valence-corrected chi connectivity index (χ2v) is 8.73. The van der Waals surface area contributed by atoms with Crippen LogP contribution in [0.2, 0.25) is 0 Å². The Morgan fingerprint density at radius 1 is 1.32 bits per heavy atom. The highest BCUT2D eigenvalue weighted by Crippen LogP contribution is 2.37. The van der Waals surface area contributed by atoms with Crippen molar-refractivity contribution >= 4 is 49.8 Å². The predicted molar refractivity (Wildman–Crippen MR) is 101 cm³/mol. The maximum atomic E-state index is 13.4. The van der Waals surface area contributed by atoms with Gasteiger partial charge in [0.1, 0.15) is 9.77 Å². The fourth-order valence-electron chi connectivity index (χ4n) is 2.99. The van der Waals surface area contributed by atoms with E-state index in [-0.39, 0.29) is 34.3 Å². The lowest BCUT2D eigenvalue weighted by Crippen LogP contribution is -2.57. The van der Waals surface area contributed by atoms with Crippen molar-refractivity contribution in [3.8, 4) is 0 Å². The Balaban J connectivity index is 0.00000225. The number of fused-ring (bicyclic) bond motifs is 1. The summed E-state index contributed by atoms with van der Waals surface area (Å²) < 4.78 is 33.8. The molecule has 3 rings (SSSR count). The number of carbonyl (C=O) groups excluding carboxylic acids is 1. The molecule has 2 atom stereocenters. The smallest absolute Gasteiger partial charge is 0.349 e. The molecule has 1 aliphatic rings. The first-order valence-corrected chi connectivity index (χ1v) is 9.98. The van der Waals surface area contributed by atoms with Crippen LogP contribution >= 0.6 is 23.7 Å². The van der Waals surface area contributed by atoms with Gasteiger partial charge in [0.05, 0.1) is 7.11 Å². The van der Waals surface area contributed by atoms with E-state index in [4.69, 9.17) is 4.74 Å². The van der Waals surface area contributed by atoms with Gasteiger partial charge in [-0.2, -0.15) is 4.31 Å². The summed E-state index contributed by atoms with van der Waals surface area (Å²) >= 11 is 1.15. The molecule has 1 aromatic heterocycles. The fraction of sp³-hybridized carbons (Fsp3) is 0.438. The normalized spacial score (nSPS) is 21.7. The van der Waals surface area contributed by atoms with Gasteiger partial charge in [-0.05, 0) is 19.9 Å². The maximum absolute atomic E-state index is 13.4. The summed E-state index contributed by atoms with van der Waals surface area (Å²) in [5.74, 6) is -0.620. The van der Waals surface area contributed by atoms with Crippen molar-refractivity contribution in [1.29, 1.82) is 0 Å². The minimum atomic E-state index is -3.81. The lowest BCUT2D eigenvalue weighted by Gasteiger charge is -2.37. The summed E-state index contributed by atoms with van der Waals surface area (Å²) in [6, 6.07) is 6.99. The summed E-state index contributed by atoms with van der Waals surface area (Å²) in [4.78, 5) is 12.4. The Hall–Kier alpha value is -1.19. The van der Waals surface area contributed by atoms with Gasteiger partial charge in [-0.25, -0.2) is 13.2 Å². The highest BCUT2D eigenvalue weighted by atomic mass is 35.5. The van der Waals surface area contributed by atoms with Crippen LogP contribution < -0.4 is 5.32 Å². The fourth-order valence-corrected chi connectivity index (χ4v) is 6.47.